The number of rotatable bonds is 13. The molecule has 0 aliphatic heterocycles. The van der Waals surface area contributed by atoms with Crippen molar-refractivity contribution in [3.8, 4) is 0 Å². The van der Waals surface area contributed by atoms with Gasteiger partial charge in [0.15, 0.2) is 0 Å². The van der Waals surface area contributed by atoms with E-state index in [0.717, 1.165) is 47.5 Å². The lowest BCUT2D eigenvalue weighted by atomic mass is 9.92. The topological polar surface area (TPSA) is 15.3 Å². The zero-order valence-corrected chi connectivity index (χ0v) is 31.5. The SMILES string of the molecule is C=CC(CCC(c1ccc(Cl)cc1)N(C)CC(C)C)CC(=C)NC(C)C.CC.CC(C)C.CCCC.Clc1ccccc1. The zero-order chi connectivity index (χ0) is 33.8. The zero-order valence-electron chi connectivity index (χ0n) is 30.0. The van der Waals surface area contributed by atoms with E-state index in [1.165, 1.54) is 18.4 Å². The summed E-state index contributed by atoms with van der Waals surface area (Å²) in [6.45, 7) is 33.0. The van der Waals surface area contributed by atoms with Crippen molar-refractivity contribution in [2.24, 2.45) is 17.8 Å². The first-order valence-corrected chi connectivity index (χ1v) is 17.3. The number of halogens is 2. The van der Waals surface area contributed by atoms with Gasteiger partial charge in [-0.1, -0.05) is 141 Å². The predicted molar refractivity (Wildman–Crippen MR) is 201 cm³/mol. The molecule has 2 aromatic carbocycles. The molecule has 0 aliphatic rings. The lowest BCUT2D eigenvalue weighted by molar-refractivity contribution is 0.201. The van der Waals surface area contributed by atoms with Crippen LogP contribution in [0.25, 0.3) is 0 Å². The molecule has 0 spiro atoms. The van der Waals surface area contributed by atoms with Gasteiger partial charge in [0.25, 0.3) is 0 Å². The fourth-order valence-electron chi connectivity index (χ4n) is 3.90. The minimum absolute atomic E-state index is 0.392. The Labute approximate surface area is 279 Å². The van der Waals surface area contributed by atoms with Crippen LogP contribution in [-0.4, -0.2) is 24.5 Å². The maximum Gasteiger partial charge on any atom is 0.0406 e. The van der Waals surface area contributed by atoms with Crippen LogP contribution in [0.3, 0.4) is 0 Å². The maximum atomic E-state index is 6.09. The van der Waals surface area contributed by atoms with Crippen molar-refractivity contribution < 1.29 is 0 Å². The maximum absolute atomic E-state index is 6.09. The van der Waals surface area contributed by atoms with Crippen LogP contribution in [-0.2, 0) is 0 Å². The molecule has 0 bridgehead atoms. The molecule has 2 nitrogen and oxygen atoms in total. The highest BCUT2D eigenvalue weighted by Crippen LogP contribution is 2.30. The number of nitrogens with zero attached hydrogens (tertiary/aromatic N) is 1. The normalized spacial score (nSPS) is 11.5. The van der Waals surface area contributed by atoms with Gasteiger partial charge in [0, 0.05) is 34.4 Å². The largest absolute Gasteiger partial charge is 0.387 e. The van der Waals surface area contributed by atoms with Crippen LogP contribution in [0.5, 0.6) is 0 Å². The molecule has 2 atom stereocenters. The molecule has 0 saturated heterocycles. The van der Waals surface area contributed by atoms with Crippen LogP contribution < -0.4 is 5.32 Å². The highest BCUT2D eigenvalue weighted by molar-refractivity contribution is 6.30. The Kier molecular flexibility index (Phi) is 32.2. The van der Waals surface area contributed by atoms with Crippen molar-refractivity contribution in [3.63, 3.8) is 0 Å². The third-order valence-corrected chi connectivity index (χ3v) is 6.32. The minimum Gasteiger partial charge on any atom is -0.387 e. The molecule has 0 fully saturated rings. The van der Waals surface area contributed by atoms with E-state index in [1.54, 1.807) is 0 Å². The van der Waals surface area contributed by atoms with E-state index in [0.29, 0.717) is 23.9 Å². The number of hydrogen-bond donors (Lipinski definition) is 1. The van der Waals surface area contributed by atoms with Gasteiger partial charge in [0.1, 0.15) is 0 Å². The van der Waals surface area contributed by atoms with E-state index in [2.05, 4.69) is 111 Å². The van der Waals surface area contributed by atoms with Gasteiger partial charge >= 0.3 is 0 Å². The van der Waals surface area contributed by atoms with Crippen molar-refractivity contribution in [1.82, 2.24) is 10.2 Å². The molecule has 43 heavy (non-hydrogen) atoms. The molecule has 0 aromatic heterocycles. The Balaban J connectivity index is -0.000000761. The van der Waals surface area contributed by atoms with E-state index in [-0.39, 0.29) is 0 Å². The fourth-order valence-corrected chi connectivity index (χ4v) is 4.17. The lowest BCUT2D eigenvalue weighted by Crippen LogP contribution is -2.29. The van der Waals surface area contributed by atoms with Crippen LogP contribution in [0.15, 0.2) is 79.5 Å². The quantitative estimate of drug-likeness (QED) is 0.220. The second-order valence-electron chi connectivity index (χ2n) is 12.1. The summed E-state index contributed by atoms with van der Waals surface area (Å²) in [6, 6.07) is 18.6. The Bertz CT molecular complexity index is 871. The first-order chi connectivity index (χ1) is 20.3. The van der Waals surface area contributed by atoms with Crippen molar-refractivity contribution >= 4 is 23.2 Å². The van der Waals surface area contributed by atoms with Gasteiger partial charge in [-0.05, 0) is 87.7 Å². The third kappa shape index (κ3) is 30.1. The molecule has 0 amide bonds. The van der Waals surface area contributed by atoms with E-state index in [9.17, 15) is 0 Å². The lowest BCUT2D eigenvalue weighted by Gasteiger charge is -2.31. The summed E-state index contributed by atoms with van der Waals surface area (Å²) < 4.78 is 0. The average Bonchev–Trinajstić information content (AvgIpc) is 2.94. The fraction of sp³-hybridized carbons (Fsp3) is 0.590. The van der Waals surface area contributed by atoms with Crippen molar-refractivity contribution in [3.05, 3.63) is 95.1 Å². The number of nitrogens with one attached hydrogen (secondary N) is 1. The highest BCUT2D eigenvalue weighted by atomic mass is 35.5. The molecule has 1 N–H and O–H groups in total. The van der Waals surface area contributed by atoms with E-state index in [1.807, 2.05) is 56.3 Å². The summed E-state index contributed by atoms with van der Waals surface area (Å²) >= 11 is 11.6. The van der Waals surface area contributed by atoms with Crippen LogP contribution in [0.4, 0.5) is 0 Å². The standard InChI is InChI=1S/C23H37ClN2.C6H5Cl.2C4H10.C2H6/c1-8-20(15-19(6)25-18(4)5)9-14-23(26(7)16-17(2)3)21-10-12-22(24)13-11-21;7-6-4-2-1-3-5-6;1-4(2)3;1-3-4-2;1-2/h8,10-13,17-18,20,23,25H,1,6,9,14-16H2,2-5,7H3;1-5H;4H,1-3H3;3-4H2,1-2H3;1-2H3. The van der Waals surface area contributed by atoms with Crippen LogP contribution in [0.1, 0.15) is 120 Å². The number of hydrogen-bond acceptors (Lipinski definition) is 2. The van der Waals surface area contributed by atoms with Crippen molar-refractivity contribution in [1.29, 1.82) is 0 Å². The summed E-state index contributed by atoms with van der Waals surface area (Å²) in [5.41, 5.74) is 2.43. The molecule has 2 unspecified atom stereocenters. The summed E-state index contributed by atoms with van der Waals surface area (Å²) in [6.07, 6.45) is 7.85. The Hall–Kier alpha value is -1.74. The van der Waals surface area contributed by atoms with Crippen LogP contribution in [0.2, 0.25) is 10.0 Å². The summed E-state index contributed by atoms with van der Waals surface area (Å²) in [5.74, 6) is 1.91. The van der Waals surface area contributed by atoms with Gasteiger partial charge in [-0.15, -0.1) is 6.58 Å². The van der Waals surface area contributed by atoms with Crippen molar-refractivity contribution in [2.75, 3.05) is 13.6 Å². The van der Waals surface area contributed by atoms with Crippen LogP contribution in [0, 0.1) is 17.8 Å². The van der Waals surface area contributed by atoms with Gasteiger partial charge in [-0.3, -0.25) is 4.90 Å². The average molecular weight is 636 g/mol. The van der Waals surface area contributed by atoms with E-state index in [4.69, 9.17) is 23.2 Å². The Morgan fingerprint density at radius 3 is 1.63 bits per heavy atom. The molecule has 2 aromatic rings. The monoisotopic (exact) mass is 634 g/mol. The second kappa shape index (κ2) is 30.3. The van der Waals surface area contributed by atoms with Crippen molar-refractivity contribution in [2.45, 2.75) is 120 Å². The first kappa shape index (κ1) is 45.7. The first-order valence-electron chi connectivity index (χ1n) is 16.5. The smallest absolute Gasteiger partial charge is 0.0406 e. The Morgan fingerprint density at radius 2 is 1.28 bits per heavy atom. The molecule has 2 rings (SSSR count). The summed E-state index contributed by atoms with van der Waals surface area (Å²) in [4.78, 5) is 2.47. The third-order valence-electron chi connectivity index (χ3n) is 5.82. The van der Waals surface area contributed by atoms with Gasteiger partial charge < -0.3 is 5.32 Å². The molecule has 0 heterocycles. The molecular weight excluding hydrogens is 567 g/mol. The minimum atomic E-state index is 0.392. The van der Waals surface area contributed by atoms with E-state index >= 15 is 0 Å². The van der Waals surface area contributed by atoms with Gasteiger partial charge in [0.05, 0.1) is 0 Å². The van der Waals surface area contributed by atoms with E-state index < -0.39 is 0 Å². The molecular formula is C39H68Cl2N2. The van der Waals surface area contributed by atoms with Gasteiger partial charge in [-0.2, -0.15) is 0 Å². The van der Waals surface area contributed by atoms with Gasteiger partial charge in [0.2, 0.25) is 0 Å². The summed E-state index contributed by atoms with van der Waals surface area (Å²) in [7, 11) is 2.22. The predicted octanol–water partition coefficient (Wildman–Crippen LogP) is 13.3. The molecule has 4 heteroatoms. The van der Waals surface area contributed by atoms with Gasteiger partial charge in [-0.25, -0.2) is 0 Å². The molecule has 0 aliphatic carbocycles. The number of unbranched alkanes of at least 4 members (excludes halogenated alkanes) is 1. The van der Waals surface area contributed by atoms with Crippen LogP contribution >= 0.6 is 23.2 Å². The number of benzene rings is 2. The molecule has 248 valence electrons. The Morgan fingerprint density at radius 1 is 0.814 bits per heavy atom. The molecule has 0 radical (unpaired) electrons. The summed E-state index contributed by atoms with van der Waals surface area (Å²) in [5, 5.41) is 5.00. The number of allylic oxidation sites excluding steroid dienone is 2. The molecule has 0 saturated carbocycles. The highest BCUT2D eigenvalue weighted by Gasteiger charge is 2.20. The second-order valence-corrected chi connectivity index (χ2v) is 13.0.